The van der Waals surface area contributed by atoms with Crippen LogP contribution in [-0.2, 0) is 19.0 Å². The second kappa shape index (κ2) is 9.89. The van der Waals surface area contributed by atoms with Gasteiger partial charge in [-0.1, -0.05) is 13.3 Å². The van der Waals surface area contributed by atoms with Gasteiger partial charge >= 0.3 is 5.97 Å². The molecule has 0 spiro atoms. The fraction of sp³-hybridized carbons (Fsp3) is 0.900. The van der Waals surface area contributed by atoms with Crippen LogP contribution < -0.4 is 5.73 Å². The first kappa shape index (κ1) is 14.3. The van der Waals surface area contributed by atoms with Crippen molar-refractivity contribution in [1.82, 2.24) is 0 Å². The second-order valence-electron chi connectivity index (χ2n) is 3.09. The number of hydrogen-bond acceptors (Lipinski definition) is 5. The summed E-state index contributed by atoms with van der Waals surface area (Å²) in [5, 5.41) is 0. The van der Waals surface area contributed by atoms with E-state index in [0.717, 1.165) is 12.8 Å². The van der Waals surface area contributed by atoms with Crippen molar-refractivity contribution in [2.45, 2.75) is 25.9 Å². The van der Waals surface area contributed by atoms with Gasteiger partial charge in [0, 0.05) is 20.3 Å². The van der Waals surface area contributed by atoms with Crippen molar-refractivity contribution in [2.24, 2.45) is 5.73 Å². The molecule has 0 saturated carbocycles. The molecule has 15 heavy (non-hydrogen) atoms. The highest BCUT2D eigenvalue weighted by molar-refractivity contribution is 5.74. The number of nitrogens with two attached hydrogens (primary N) is 1. The lowest BCUT2D eigenvalue weighted by atomic mass is 10.4. The van der Waals surface area contributed by atoms with Crippen LogP contribution in [0, 0.1) is 0 Å². The van der Waals surface area contributed by atoms with Crippen LogP contribution in [0.25, 0.3) is 0 Å². The molecule has 0 heterocycles. The smallest absolute Gasteiger partial charge is 0.336 e. The number of carbonyl (C=O) groups excluding carboxylic acids is 1. The molecule has 0 amide bonds. The molecule has 0 saturated heterocycles. The van der Waals surface area contributed by atoms with Crippen LogP contribution in [-0.4, -0.2) is 45.5 Å². The highest BCUT2D eigenvalue weighted by Crippen LogP contribution is 1.93. The van der Waals surface area contributed by atoms with Gasteiger partial charge in [-0.15, -0.1) is 0 Å². The molecule has 0 aromatic heterocycles. The fourth-order valence-electron chi connectivity index (χ4n) is 0.931. The molecule has 0 aromatic rings. The average Bonchev–Trinajstić information content (AvgIpc) is 2.25. The Balaban J connectivity index is 3.38. The Morgan fingerprint density at radius 2 is 2.07 bits per heavy atom. The van der Waals surface area contributed by atoms with Gasteiger partial charge in [0.25, 0.3) is 0 Å². The number of carbonyl (C=O) groups is 1. The summed E-state index contributed by atoms with van der Waals surface area (Å²) < 4.78 is 14.9. The van der Waals surface area contributed by atoms with E-state index in [1.54, 1.807) is 0 Å². The Kier molecular flexibility index (Phi) is 9.46. The van der Waals surface area contributed by atoms with Crippen LogP contribution in [0.15, 0.2) is 0 Å². The molecule has 0 fully saturated rings. The van der Waals surface area contributed by atoms with E-state index < -0.39 is 12.1 Å². The zero-order valence-corrected chi connectivity index (χ0v) is 9.53. The van der Waals surface area contributed by atoms with Gasteiger partial charge in [0.15, 0.2) is 6.10 Å². The van der Waals surface area contributed by atoms with Crippen LogP contribution in [0.4, 0.5) is 0 Å². The first-order valence-corrected chi connectivity index (χ1v) is 5.23. The predicted octanol–water partition coefficient (Wildman–Crippen LogP) is 0.320. The molecule has 5 heteroatoms. The van der Waals surface area contributed by atoms with Crippen LogP contribution in [0.5, 0.6) is 0 Å². The maximum atomic E-state index is 11.2. The summed E-state index contributed by atoms with van der Waals surface area (Å²) in [5.74, 6) is -0.431. The minimum absolute atomic E-state index is 0.131. The number of esters is 1. The third-order valence-corrected chi connectivity index (χ3v) is 1.88. The number of unbranched alkanes of at least 4 members (excludes halogenated alkanes) is 1. The minimum Gasteiger partial charge on any atom is -0.461 e. The van der Waals surface area contributed by atoms with E-state index >= 15 is 0 Å². The molecule has 5 nitrogen and oxygen atoms in total. The predicted molar refractivity (Wildman–Crippen MR) is 56.5 cm³/mol. The second-order valence-corrected chi connectivity index (χ2v) is 3.09. The van der Waals surface area contributed by atoms with Gasteiger partial charge in [-0.3, -0.25) is 0 Å². The monoisotopic (exact) mass is 219 g/mol. The largest absolute Gasteiger partial charge is 0.461 e. The van der Waals surface area contributed by atoms with E-state index in [4.69, 9.17) is 19.9 Å². The highest BCUT2D eigenvalue weighted by Gasteiger charge is 2.16. The van der Waals surface area contributed by atoms with Crippen molar-refractivity contribution in [3.05, 3.63) is 0 Å². The maximum Gasteiger partial charge on any atom is 0.336 e. The van der Waals surface area contributed by atoms with Gasteiger partial charge in [-0.05, 0) is 6.42 Å². The Morgan fingerprint density at radius 3 is 2.60 bits per heavy atom. The van der Waals surface area contributed by atoms with Crippen LogP contribution >= 0.6 is 0 Å². The Labute approximate surface area is 90.9 Å². The van der Waals surface area contributed by atoms with Gasteiger partial charge < -0.3 is 19.9 Å². The molecule has 1 unspecified atom stereocenters. The van der Waals surface area contributed by atoms with E-state index in [9.17, 15) is 4.79 Å². The molecule has 0 radical (unpaired) electrons. The maximum absolute atomic E-state index is 11.2. The van der Waals surface area contributed by atoms with Crippen molar-refractivity contribution < 1.29 is 19.0 Å². The first-order valence-electron chi connectivity index (χ1n) is 5.23. The van der Waals surface area contributed by atoms with Crippen LogP contribution in [0.2, 0.25) is 0 Å². The number of rotatable bonds is 9. The van der Waals surface area contributed by atoms with E-state index in [1.165, 1.54) is 7.11 Å². The van der Waals surface area contributed by atoms with Crippen molar-refractivity contribution >= 4 is 5.97 Å². The van der Waals surface area contributed by atoms with E-state index in [2.05, 4.69) is 6.92 Å². The fourth-order valence-corrected chi connectivity index (χ4v) is 0.931. The Morgan fingerprint density at radius 1 is 1.33 bits per heavy atom. The van der Waals surface area contributed by atoms with Crippen molar-refractivity contribution in [1.29, 1.82) is 0 Å². The lowest BCUT2D eigenvalue weighted by molar-refractivity contribution is -0.156. The molecular formula is C10H21NO4. The van der Waals surface area contributed by atoms with Crippen molar-refractivity contribution in [3.63, 3.8) is 0 Å². The van der Waals surface area contributed by atoms with Gasteiger partial charge in [0.05, 0.1) is 6.61 Å². The normalized spacial score (nSPS) is 12.5. The number of ether oxygens (including phenoxy) is 3. The lowest BCUT2D eigenvalue weighted by Gasteiger charge is -2.12. The Hall–Kier alpha value is -0.650. The first-order chi connectivity index (χ1) is 7.26. The zero-order valence-electron chi connectivity index (χ0n) is 9.53. The summed E-state index contributed by atoms with van der Waals surface area (Å²) in [6.07, 6.45) is 1.46. The van der Waals surface area contributed by atoms with Gasteiger partial charge in [-0.25, -0.2) is 4.79 Å². The third kappa shape index (κ3) is 7.30. The summed E-state index contributed by atoms with van der Waals surface area (Å²) in [5.41, 5.74) is 5.30. The molecule has 0 aliphatic rings. The van der Waals surface area contributed by atoms with Gasteiger partial charge in [0.2, 0.25) is 0 Å². The van der Waals surface area contributed by atoms with E-state index in [-0.39, 0.29) is 13.2 Å². The van der Waals surface area contributed by atoms with Crippen LogP contribution in [0.1, 0.15) is 19.8 Å². The zero-order chi connectivity index (χ0) is 11.5. The third-order valence-electron chi connectivity index (χ3n) is 1.88. The molecular weight excluding hydrogens is 198 g/mol. The van der Waals surface area contributed by atoms with E-state index in [0.29, 0.717) is 13.2 Å². The van der Waals surface area contributed by atoms with Crippen molar-refractivity contribution in [3.8, 4) is 0 Å². The number of methoxy groups -OCH3 is 1. The molecule has 90 valence electrons. The van der Waals surface area contributed by atoms with Crippen molar-refractivity contribution in [2.75, 3.05) is 33.5 Å². The minimum atomic E-state index is -0.666. The summed E-state index contributed by atoms with van der Waals surface area (Å²) in [6.45, 7) is 3.60. The molecule has 0 aromatic carbocycles. The SMILES string of the molecule is CCCCOCCOC(=O)C(CN)OC. The average molecular weight is 219 g/mol. The summed E-state index contributed by atoms with van der Waals surface area (Å²) >= 11 is 0. The standard InChI is InChI=1S/C10H21NO4/c1-3-4-5-14-6-7-15-10(12)9(8-11)13-2/h9H,3-8,11H2,1-2H3. The van der Waals surface area contributed by atoms with E-state index in [1.807, 2.05) is 0 Å². The Bertz CT molecular complexity index is 160. The summed E-state index contributed by atoms with van der Waals surface area (Å²) in [4.78, 5) is 11.2. The topological polar surface area (TPSA) is 70.8 Å². The molecule has 1 atom stereocenters. The highest BCUT2D eigenvalue weighted by atomic mass is 16.6. The summed E-state index contributed by atoms with van der Waals surface area (Å²) in [7, 11) is 1.43. The van der Waals surface area contributed by atoms with Gasteiger partial charge in [-0.2, -0.15) is 0 Å². The summed E-state index contributed by atoms with van der Waals surface area (Å²) in [6, 6.07) is 0. The van der Waals surface area contributed by atoms with Crippen LogP contribution in [0.3, 0.4) is 0 Å². The molecule has 0 bridgehead atoms. The molecule has 0 aliphatic carbocycles. The number of hydrogen-bond donors (Lipinski definition) is 1. The van der Waals surface area contributed by atoms with Gasteiger partial charge in [0.1, 0.15) is 6.61 Å². The molecule has 2 N–H and O–H groups in total. The lowest BCUT2D eigenvalue weighted by Crippen LogP contribution is -2.33. The molecule has 0 aliphatic heterocycles. The quantitative estimate of drug-likeness (QED) is 0.446. The molecule has 0 rings (SSSR count).